The number of alkyl halides is 1. The summed E-state index contributed by atoms with van der Waals surface area (Å²) in [6, 6.07) is 3.84. The molecule has 1 aliphatic rings. The third-order valence-electron chi connectivity index (χ3n) is 3.00. The molecular formula is C12H15ClFNO2S. The van der Waals surface area contributed by atoms with Crippen LogP contribution in [0.5, 0.6) is 0 Å². The van der Waals surface area contributed by atoms with Gasteiger partial charge in [0.1, 0.15) is 5.82 Å². The molecule has 6 heteroatoms. The van der Waals surface area contributed by atoms with Crippen molar-refractivity contribution in [3.05, 3.63) is 29.6 Å². The maximum atomic E-state index is 13.2. The largest absolute Gasteiger partial charge is 0.243 e. The molecule has 1 aromatic carbocycles. The zero-order valence-corrected chi connectivity index (χ0v) is 11.6. The van der Waals surface area contributed by atoms with E-state index in [-0.39, 0.29) is 23.4 Å². The van der Waals surface area contributed by atoms with Crippen molar-refractivity contribution in [2.24, 2.45) is 0 Å². The molecule has 3 nitrogen and oxygen atoms in total. The van der Waals surface area contributed by atoms with Crippen LogP contribution in [0, 0.1) is 12.7 Å². The maximum absolute atomic E-state index is 13.2. The summed E-state index contributed by atoms with van der Waals surface area (Å²) >= 11 is 5.65. The number of nitrogens with zero attached hydrogens (tertiary/aromatic N) is 1. The van der Waals surface area contributed by atoms with Crippen molar-refractivity contribution in [1.82, 2.24) is 4.31 Å². The molecule has 0 radical (unpaired) electrons. The summed E-state index contributed by atoms with van der Waals surface area (Å²) in [5, 5.41) is 0. The Labute approximate surface area is 112 Å². The first kappa shape index (κ1) is 13.8. The van der Waals surface area contributed by atoms with Gasteiger partial charge in [-0.05, 0) is 37.5 Å². The van der Waals surface area contributed by atoms with Gasteiger partial charge in [0.15, 0.2) is 0 Å². The second-order valence-corrected chi connectivity index (χ2v) is 6.68. The fourth-order valence-electron chi connectivity index (χ4n) is 1.92. The second-order valence-electron chi connectivity index (χ2n) is 4.45. The number of sulfonamides is 1. The Morgan fingerprint density at radius 2 is 2.11 bits per heavy atom. The van der Waals surface area contributed by atoms with Gasteiger partial charge in [0.05, 0.1) is 4.90 Å². The molecule has 1 saturated carbocycles. The molecular weight excluding hydrogens is 277 g/mol. The highest BCUT2D eigenvalue weighted by atomic mass is 35.5. The molecule has 2 rings (SSSR count). The van der Waals surface area contributed by atoms with Crippen LogP contribution in [0.4, 0.5) is 4.39 Å². The zero-order chi connectivity index (χ0) is 13.3. The quantitative estimate of drug-likeness (QED) is 0.782. The predicted molar refractivity (Wildman–Crippen MR) is 68.8 cm³/mol. The van der Waals surface area contributed by atoms with Crippen molar-refractivity contribution in [2.45, 2.75) is 30.7 Å². The number of rotatable bonds is 5. The highest BCUT2D eigenvalue weighted by molar-refractivity contribution is 7.89. The lowest BCUT2D eigenvalue weighted by atomic mass is 10.2. The van der Waals surface area contributed by atoms with Crippen LogP contribution in [0.25, 0.3) is 0 Å². The van der Waals surface area contributed by atoms with E-state index in [2.05, 4.69) is 0 Å². The number of aryl methyl sites for hydroxylation is 1. The highest BCUT2D eigenvalue weighted by Gasteiger charge is 2.38. The monoisotopic (exact) mass is 291 g/mol. The Balaban J connectivity index is 2.42. The normalized spacial score (nSPS) is 16.2. The van der Waals surface area contributed by atoms with Crippen molar-refractivity contribution in [3.8, 4) is 0 Å². The number of halogens is 2. The first-order chi connectivity index (χ1) is 8.46. The Morgan fingerprint density at radius 1 is 1.44 bits per heavy atom. The van der Waals surface area contributed by atoms with E-state index < -0.39 is 15.8 Å². The first-order valence-corrected chi connectivity index (χ1v) is 7.78. The highest BCUT2D eigenvalue weighted by Crippen LogP contribution is 2.32. The molecule has 1 aromatic rings. The fourth-order valence-corrected chi connectivity index (χ4v) is 4.13. The van der Waals surface area contributed by atoms with Crippen LogP contribution in [-0.2, 0) is 10.0 Å². The van der Waals surface area contributed by atoms with Crippen molar-refractivity contribution < 1.29 is 12.8 Å². The van der Waals surface area contributed by atoms with Gasteiger partial charge in [0.2, 0.25) is 10.0 Å². The minimum absolute atomic E-state index is 0.0245. The van der Waals surface area contributed by atoms with E-state index in [0.717, 1.165) is 18.9 Å². The molecule has 0 bridgehead atoms. The summed E-state index contributed by atoms with van der Waals surface area (Å²) < 4.78 is 39.6. The lowest BCUT2D eigenvalue weighted by Gasteiger charge is -2.21. The van der Waals surface area contributed by atoms with Crippen LogP contribution in [0.2, 0.25) is 0 Å². The van der Waals surface area contributed by atoms with Crippen LogP contribution < -0.4 is 0 Å². The van der Waals surface area contributed by atoms with Crippen LogP contribution >= 0.6 is 11.6 Å². The molecule has 0 aromatic heterocycles. The van der Waals surface area contributed by atoms with Crippen molar-refractivity contribution in [3.63, 3.8) is 0 Å². The first-order valence-electron chi connectivity index (χ1n) is 5.81. The lowest BCUT2D eigenvalue weighted by Crippen LogP contribution is -2.35. The van der Waals surface area contributed by atoms with Gasteiger partial charge in [0, 0.05) is 18.5 Å². The molecule has 0 spiro atoms. The van der Waals surface area contributed by atoms with Gasteiger partial charge in [-0.2, -0.15) is 4.31 Å². The topological polar surface area (TPSA) is 37.4 Å². The van der Waals surface area contributed by atoms with Crippen LogP contribution in [-0.4, -0.2) is 31.2 Å². The molecule has 0 amide bonds. The van der Waals surface area contributed by atoms with Gasteiger partial charge in [0.25, 0.3) is 0 Å². The van der Waals surface area contributed by atoms with Gasteiger partial charge in [-0.1, -0.05) is 6.07 Å². The molecule has 0 saturated heterocycles. The SMILES string of the molecule is Cc1ccc(F)cc1S(=O)(=O)N(CCCl)C1CC1. The van der Waals surface area contributed by atoms with E-state index in [1.807, 2.05) is 0 Å². The standard InChI is InChI=1S/C12H15ClFNO2S/c1-9-2-3-10(14)8-12(9)18(16,17)15(7-6-13)11-4-5-11/h2-3,8,11H,4-7H2,1H3. The molecule has 1 aliphatic carbocycles. The third kappa shape index (κ3) is 2.68. The Bertz CT molecular complexity index is 543. The predicted octanol–water partition coefficient (Wildman–Crippen LogP) is 2.53. The average molecular weight is 292 g/mol. The smallest absolute Gasteiger partial charge is 0.207 e. The van der Waals surface area contributed by atoms with Crippen LogP contribution in [0.15, 0.2) is 23.1 Å². The van der Waals surface area contributed by atoms with Crippen molar-refractivity contribution in [2.75, 3.05) is 12.4 Å². The molecule has 0 heterocycles. The van der Waals surface area contributed by atoms with E-state index in [4.69, 9.17) is 11.6 Å². The fraction of sp³-hybridized carbons (Fsp3) is 0.500. The molecule has 0 atom stereocenters. The second kappa shape index (κ2) is 5.15. The number of hydrogen-bond acceptors (Lipinski definition) is 2. The minimum atomic E-state index is -3.64. The summed E-state index contributed by atoms with van der Waals surface area (Å²) in [7, 11) is -3.64. The van der Waals surface area contributed by atoms with Crippen molar-refractivity contribution >= 4 is 21.6 Å². The van der Waals surface area contributed by atoms with Gasteiger partial charge >= 0.3 is 0 Å². The van der Waals surface area contributed by atoms with Crippen molar-refractivity contribution in [1.29, 1.82) is 0 Å². The average Bonchev–Trinajstić information content (AvgIpc) is 3.13. The number of benzene rings is 1. The van der Waals surface area contributed by atoms with E-state index >= 15 is 0 Å². The van der Waals surface area contributed by atoms with Gasteiger partial charge in [-0.15, -0.1) is 11.6 Å². The molecule has 100 valence electrons. The maximum Gasteiger partial charge on any atom is 0.243 e. The zero-order valence-electron chi connectivity index (χ0n) is 10.1. The molecule has 0 aliphatic heterocycles. The summed E-state index contributed by atoms with van der Waals surface area (Å²) in [6.07, 6.45) is 1.70. The summed E-state index contributed by atoms with van der Waals surface area (Å²) in [5.41, 5.74) is 0.552. The van der Waals surface area contributed by atoms with Gasteiger partial charge in [-0.25, -0.2) is 12.8 Å². The number of hydrogen-bond donors (Lipinski definition) is 0. The molecule has 0 unspecified atom stereocenters. The van der Waals surface area contributed by atoms with Gasteiger partial charge < -0.3 is 0 Å². The van der Waals surface area contributed by atoms with Crippen LogP contribution in [0.1, 0.15) is 18.4 Å². The summed E-state index contributed by atoms with van der Waals surface area (Å²) in [5.74, 6) is -0.301. The third-order valence-corrected chi connectivity index (χ3v) is 5.26. The lowest BCUT2D eigenvalue weighted by molar-refractivity contribution is 0.422. The van der Waals surface area contributed by atoms with Gasteiger partial charge in [-0.3, -0.25) is 0 Å². The minimum Gasteiger partial charge on any atom is -0.207 e. The van der Waals surface area contributed by atoms with E-state index in [9.17, 15) is 12.8 Å². The van der Waals surface area contributed by atoms with Crippen LogP contribution in [0.3, 0.4) is 0 Å². The Hall–Kier alpha value is -0.650. The van der Waals surface area contributed by atoms with E-state index in [1.54, 1.807) is 6.92 Å². The Kier molecular flexibility index (Phi) is 3.94. The summed E-state index contributed by atoms with van der Waals surface area (Å²) in [6.45, 7) is 1.93. The van der Waals surface area contributed by atoms with E-state index in [1.165, 1.54) is 16.4 Å². The molecule has 1 fully saturated rings. The summed E-state index contributed by atoms with van der Waals surface area (Å²) in [4.78, 5) is 0.0412. The Morgan fingerprint density at radius 3 is 2.67 bits per heavy atom. The molecule has 0 N–H and O–H groups in total. The van der Waals surface area contributed by atoms with E-state index in [0.29, 0.717) is 5.56 Å². The molecule has 18 heavy (non-hydrogen) atoms.